The number of pyridine rings is 1. The Morgan fingerprint density at radius 1 is 1.16 bits per heavy atom. The first kappa shape index (κ1) is 16.6. The van der Waals surface area contributed by atoms with Crippen molar-refractivity contribution in [3.8, 4) is 11.5 Å². The summed E-state index contributed by atoms with van der Waals surface area (Å²) in [5.74, 6) is 1.13. The number of rotatable bonds is 4. The van der Waals surface area contributed by atoms with Crippen LogP contribution in [0.5, 0.6) is 0 Å². The molecule has 8 heteroatoms. The monoisotopic (exact) mass is 345 g/mol. The summed E-state index contributed by atoms with van der Waals surface area (Å²) >= 11 is 0. The summed E-state index contributed by atoms with van der Waals surface area (Å²) in [7, 11) is 0. The van der Waals surface area contributed by atoms with Gasteiger partial charge in [0, 0.05) is 25.5 Å². The van der Waals surface area contributed by atoms with Crippen LogP contribution in [0, 0.1) is 0 Å². The quantitative estimate of drug-likeness (QED) is 0.852. The second kappa shape index (κ2) is 7.57. The normalized spacial score (nSPS) is 26.0. The number of aliphatic hydroxyl groups is 1. The van der Waals surface area contributed by atoms with Crippen LogP contribution in [-0.2, 0) is 11.3 Å². The first-order valence-corrected chi connectivity index (χ1v) is 8.74. The third kappa shape index (κ3) is 3.87. The molecule has 2 aliphatic heterocycles. The molecular formula is C17H23N5O3. The summed E-state index contributed by atoms with van der Waals surface area (Å²) in [6.07, 6.45) is 4.11. The molecule has 0 bridgehead atoms. The second-order valence-corrected chi connectivity index (χ2v) is 6.58. The Bertz CT molecular complexity index is 680. The summed E-state index contributed by atoms with van der Waals surface area (Å²) in [6.45, 7) is 5.49. The largest absolute Gasteiger partial charge is 0.419 e. The lowest BCUT2D eigenvalue weighted by atomic mass is 10.2. The molecule has 4 heterocycles. The second-order valence-electron chi connectivity index (χ2n) is 6.58. The lowest BCUT2D eigenvalue weighted by Crippen LogP contribution is -2.44. The van der Waals surface area contributed by atoms with Crippen molar-refractivity contribution in [2.45, 2.75) is 25.1 Å². The zero-order valence-electron chi connectivity index (χ0n) is 14.1. The van der Waals surface area contributed by atoms with Gasteiger partial charge in [-0.15, -0.1) is 10.2 Å². The van der Waals surface area contributed by atoms with Crippen LogP contribution in [-0.4, -0.2) is 81.6 Å². The third-order valence-corrected chi connectivity index (χ3v) is 4.85. The van der Waals surface area contributed by atoms with Crippen LogP contribution in [0.2, 0.25) is 0 Å². The van der Waals surface area contributed by atoms with Crippen molar-refractivity contribution in [1.82, 2.24) is 25.0 Å². The lowest BCUT2D eigenvalue weighted by Gasteiger charge is -2.28. The van der Waals surface area contributed by atoms with Gasteiger partial charge in [0.25, 0.3) is 0 Å². The van der Waals surface area contributed by atoms with E-state index in [-0.39, 0.29) is 12.1 Å². The molecule has 2 aromatic rings. The highest BCUT2D eigenvalue weighted by Gasteiger charge is 2.32. The molecule has 0 radical (unpaired) electrons. The molecule has 2 fully saturated rings. The number of nitrogens with zero attached hydrogens (tertiary/aromatic N) is 5. The maximum absolute atomic E-state index is 10.0. The van der Waals surface area contributed by atoms with Crippen molar-refractivity contribution >= 4 is 0 Å². The first-order valence-electron chi connectivity index (χ1n) is 8.74. The summed E-state index contributed by atoms with van der Waals surface area (Å²) in [4.78, 5) is 8.74. The molecule has 0 amide bonds. The fraction of sp³-hybridized carbons (Fsp3) is 0.588. The van der Waals surface area contributed by atoms with Crippen LogP contribution in [0.3, 0.4) is 0 Å². The standard InChI is InChI=1S/C17H23N5O3/c23-15-12-24-11-14(15)22-6-2-5-21(7-8-22)10-16-19-20-17(25-16)13-3-1-4-18-9-13/h1,3-4,9,14-15,23H,2,5-8,10-12H2/t14-,15-/m0/s1. The molecule has 2 saturated heterocycles. The van der Waals surface area contributed by atoms with Gasteiger partial charge in [-0.2, -0.15) is 0 Å². The molecule has 0 unspecified atom stereocenters. The average molecular weight is 345 g/mol. The highest BCUT2D eigenvalue weighted by atomic mass is 16.5. The summed E-state index contributed by atoms with van der Waals surface area (Å²) < 4.78 is 11.2. The van der Waals surface area contributed by atoms with E-state index >= 15 is 0 Å². The van der Waals surface area contributed by atoms with E-state index in [1.807, 2.05) is 12.1 Å². The fourth-order valence-corrected chi connectivity index (χ4v) is 3.48. The molecule has 0 saturated carbocycles. The smallest absolute Gasteiger partial charge is 0.249 e. The van der Waals surface area contributed by atoms with Crippen LogP contribution in [0.15, 0.2) is 28.9 Å². The van der Waals surface area contributed by atoms with E-state index in [0.717, 1.165) is 38.2 Å². The van der Waals surface area contributed by atoms with E-state index in [1.54, 1.807) is 12.4 Å². The third-order valence-electron chi connectivity index (χ3n) is 4.85. The SMILES string of the molecule is O[C@H]1COC[C@@H]1N1CCCN(Cc2nnc(-c3cccnc3)o2)CC1. The van der Waals surface area contributed by atoms with Crippen molar-refractivity contribution in [3.63, 3.8) is 0 Å². The zero-order valence-corrected chi connectivity index (χ0v) is 14.1. The number of hydrogen-bond donors (Lipinski definition) is 1. The number of hydrogen-bond acceptors (Lipinski definition) is 8. The van der Waals surface area contributed by atoms with Gasteiger partial charge in [-0.05, 0) is 31.6 Å². The predicted octanol–water partition coefficient (Wildman–Crippen LogP) is 0.399. The molecule has 8 nitrogen and oxygen atoms in total. The Balaban J connectivity index is 1.35. The van der Waals surface area contributed by atoms with Crippen LogP contribution >= 0.6 is 0 Å². The van der Waals surface area contributed by atoms with E-state index in [0.29, 0.717) is 31.5 Å². The summed E-state index contributed by atoms with van der Waals surface area (Å²) in [5, 5.41) is 18.3. The van der Waals surface area contributed by atoms with Crippen LogP contribution in [0.1, 0.15) is 12.3 Å². The maximum atomic E-state index is 10.0. The molecule has 2 atom stereocenters. The zero-order chi connectivity index (χ0) is 17.1. The Morgan fingerprint density at radius 3 is 2.92 bits per heavy atom. The first-order chi connectivity index (χ1) is 12.3. The van der Waals surface area contributed by atoms with Gasteiger partial charge in [-0.1, -0.05) is 0 Å². The van der Waals surface area contributed by atoms with Gasteiger partial charge in [-0.25, -0.2) is 0 Å². The predicted molar refractivity (Wildman–Crippen MR) is 89.6 cm³/mol. The Hall–Kier alpha value is -1.87. The van der Waals surface area contributed by atoms with Crippen molar-refractivity contribution in [3.05, 3.63) is 30.4 Å². The van der Waals surface area contributed by atoms with Crippen LogP contribution in [0.4, 0.5) is 0 Å². The van der Waals surface area contributed by atoms with Crippen molar-refractivity contribution in [2.75, 3.05) is 39.4 Å². The molecule has 0 spiro atoms. The van der Waals surface area contributed by atoms with E-state index in [1.165, 1.54) is 0 Å². The van der Waals surface area contributed by atoms with Gasteiger partial charge in [0.15, 0.2) is 0 Å². The van der Waals surface area contributed by atoms with Crippen molar-refractivity contribution < 1.29 is 14.3 Å². The molecule has 134 valence electrons. The van der Waals surface area contributed by atoms with Gasteiger partial charge in [0.2, 0.25) is 11.8 Å². The highest BCUT2D eigenvalue weighted by Crippen LogP contribution is 2.19. The molecule has 1 N–H and O–H groups in total. The molecule has 0 aromatic carbocycles. The van der Waals surface area contributed by atoms with Crippen LogP contribution in [0.25, 0.3) is 11.5 Å². The van der Waals surface area contributed by atoms with Gasteiger partial charge in [0.05, 0.1) is 37.5 Å². The van der Waals surface area contributed by atoms with Gasteiger partial charge < -0.3 is 14.3 Å². The molecule has 4 rings (SSSR count). The van der Waals surface area contributed by atoms with Gasteiger partial charge in [-0.3, -0.25) is 14.8 Å². The minimum absolute atomic E-state index is 0.125. The Labute approximate surface area is 146 Å². The minimum Gasteiger partial charge on any atom is -0.419 e. The van der Waals surface area contributed by atoms with E-state index < -0.39 is 0 Å². The molecule has 2 aromatic heterocycles. The van der Waals surface area contributed by atoms with Crippen molar-refractivity contribution in [2.24, 2.45) is 0 Å². The highest BCUT2D eigenvalue weighted by molar-refractivity contribution is 5.49. The maximum Gasteiger partial charge on any atom is 0.249 e. The van der Waals surface area contributed by atoms with Gasteiger partial charge in [0.1, 0.15) is 0 Å². The summed E-state index contributed by atoms with van der Waals surface area (Å²) in [5.41, 5.74) is 0.832. The van der Waals surface area contributed by atoms with E-state index in [2.05, 4.69) is 25.0 Å². The Morgan fingerprint density at radius 2 is 2.12 bits per heavy atom. The van der Waals surface area contributed by atoms with Crippen molar-refractivity contribution in [1.29, 1.82) is 0 Å². The number of aromatic nitrogens is 3. The molecule has 2 aliphatic rings. The fourth-order valence-electron chi connectivity index (χ4n) is 3.48. The number of aliphatic hydroxyl groups excluding tert-OH is 1. The van der Waals surface area contributed by atoms with Crippen LogP contribution < -0.4 is 0 Å². The number of ether oxygens (including phenoxy) is 1. The topological polar surface area (TPSA) is 87.8 Å². The minimum atomic E-state index is -0.371. The van der Waals surface area contributed by atoms with Gasteiger partial charge >= 0.3 is 0 Å². The Kier molecular flexibility index (Phi) is 5.02. The van der Waals surface area contributed by atoms with E-state index in [9.17, 15) is 5.11 Å². The average Bonchev–Trinajstić information content (AvgIpc) is 3.21. The molecule has 0 aliphatic carbocycles. The molecular weight excluding hydrogens is 322 g/mol. The summed E-state index contributed by atoms with van der Waals surface area (Å²) in [6, 6.07) is 3.88. The van der Waals surface area contributed by atoms with E-state index in [4.69, 9.17) is 9.15 Å². The molecule has 25 heavy (non-hydrogen) atoms. The lowest BCUT2D eigenvalue weighted by molar-refractivity contribution is 0.0835.